The Labute approximate surface area is 120 Å². The topological polar surface area (TPSA) is 55.2 Å². The summed E-state index contributed by atoms with van der Waals surface area (Å²) in [6, 6.07) is 5.65. The summed E-state index contributed by atoms with van der Waals surface area (Å²) in [6.07, 6.45) is 7.30. The summed E-state index contributed by atoms with van der Waals surface area (Å²) in [5.41, 5.74) is 1.91. The summed E-state index contributed by atoms with van der Waals surface area (Å²) < 4.78 is 0. The first-order chi connectivity index (χ1) is 9.60. The van der Waals surface area contributed by atoms with E-state index in [9.17, 15) is 10.1 Å². The minimum absolute atomic E-state index is 0.186. The van der Waals surface area contributed by atoms with Gasteiger partial charge in [-0.05, 0) is 50.2 Å². The molecule has 1 N–H and O–H groups in total. The van der Waals surface area contributed by atoms with Gasteiger partial charge in [0.05, 0.1) is 4.92 Å². The molecule has 110 valence electrons. The van der Waals surface area contributed by atoms with Gasteiger partial charge in [0.15, 0.2) is 0 Å². The fourth-order valence-electron chi connectivity index (χ4n) is 3.15. The lowest BCUT2D eigenvalue weighted by molar-refractivity contribution is -0.384. The van der Waals surface area contributed by atoms with Gasteiger partial charge in [0.25, 0.3) is 5.69 Å². The second-order valence-corrected chi connectivity index (χ2v) is 5.93. The zero-order valence-corrected chi connectivity index (χ0v) is 12.4. The van der Waals surface area contributed by atoms with Crippen molar-refractivity contribution in [3.05, 3.63) is 33.9 Å². The number of nitro groups is 1. The number of rotatable bonds is 5. The van der Waals surface area contributed by atoms with Crippen molar-refractivity contribution in [2.24, 2.45) is 5.92 Å². The van der Waals surface area contributed by atoms with E-state index in [1.807, 2.05) is 13.0 Å². The molecule has 1 saturated carbocycles. The average Bonchev–Trinajstić information content (AvgIpc) is 2.41. The fraction of sp³-hybridized carbons (Fsp3) is 0.625. The number of hydrogen-bond acceptors (Lipinski definition) is 3. The van der Waals surface area contributed by atoms with Crippen molar-refractivity contribution in [1.29, 1.82) is 0 Å². The molecular formula is C16H24N2O2. The molecule has 0 unspecified atom stereocenters. The van der Waals surface area contributed by atoms with Crippen LogP contribution in [0.1, 0.15) is 51.0 Å². The smallest absolute Gasteiger partial charge is 0.292 e. The molecule has 20 heavy (non-hydrogen) atoms. The highest BCUT2D eigenvalue weighted by molar-refractivity contribution is 5.63. The molecule has 0 aromatic heterocycles. The first kappa shape index (κ1) is 14.8. The van der Waals surface area contributed by atoms with Crippen LogP contribution in [0.3, 0.4) is 0 Å². The predicted octanol–water partition coefficient (Wildman–Crippen LogP) is 4.67. The van der Waals surface area contributed by atoms with Crippen LogP contribution >= 0.6 is 0 Å². The molecule has 0 amide bonds. The number of nitro benzene ring substituents is 1. The molecule has 0 heterocycles. The highest BCUT2D eigenvalue weighted by Gasteiger charge is 2.23. The van der Waals surface area contributed by atoms with E-state index in [4.69, 9.17) is 0 Å². The van der Waals surface area contributed by atoms with Gasteiger partial charge in [-0.1, -0.05) is 25.8 Å². The molecule has 0 atom stereocenters. The predicted molar refractivity (Wildman–Crippen MR) is 82.1 cm³/mol. The van der Waals surface area contributed by atoms with Crippen LogP contribution in [0.25, 0.3) is 0 Å². The van der Waals surface area contributed by atoms with Gasteiger partial charge in [-0.25, -0.2) is 0 Å². The number of anilines is 1. The summed E-state index contributed by atoms with van der Waals surface area (Å²) in [6.45, 7) is 4.20. The number of nitrogens with one attached hydrogen (secondary N) is 1. The Bertz CT molecular complexity index is 466. The second kappa shape index (κ2) is 6.73. The summed E-state index contributed by atoms with van der Waals surface area (Å²) in [5, 5.41) is 14.5. The monoisotopic (exact) mass is 276 g/mol. The Hall–Kier alpha value is -1.58. The van der Waals surface area contributed by atoms with Crippen molar-refractivity contribution >= 4 is 11.4 Å². The molecule has 0 saturated heterocycles. The van der Waals surface area contributed by atoms with Crippen molar-refractivity contribution in [3.63, 3.8) is 0 Å². The molecule has 1 aliphatic carbocycles. The quantitative estimate of drug-likeness (QED) is 0.628. The van der Waals surface area contributed by atoms with E-state index in [0.717, 1.165) is 24.3 Å². The number of hydrogen-bond donors (Lipinski definition) is 1. The SMILES string of the molecule is CCCC1CCC(Nc2cc(C)ccc2[N+](=O)[O-])CC1. The molecule has 1 aliphatic rings. The molecule has 1 fully saturated rings. The molecule has 0 spiro atoms. The summed E-state index contributed by atoms with van der Waals surface area (Å²) in [7, 11) is 0. The Morgan fingerprint density at radius 2 is 2.00 bits per heavy atom. The summed E-state index contributed by atoms with van der Waals surface area (Å²) >= 11 is 0. The lowest BCUT2D eigenvalue weighted by atomic mass is 9.83. The van der Waals surface area contributed by atoms with E-state index < -0.39 is 0 Å². The van der Waals surface area contributed by atoms with E-state index in [-0.39, 0.29) is 10.6 Å². The van der Waals surface area contributed by atoms with Crippen molar-refractivity contribution < 1.29 is 4.92 Å². The van der Waals surface area contributed by atoms with Gasteiger partial charge in [0.2, 0.25) is 0 Å². The Morgan fingerprint density at radius 1 is 1.30 bits per heavy atom. The lowest BCUT2D eigenvalue weighted by Crippen LogP contribution is -2.26. The van der Waals surface area contributed by atoms with Crippen LogP contribution in [0.4, 0.5) is 11.4 Å². The van der Waals surface area contributed by atoms with E-state index in [1.165, 1.54) is 25.7 Å². The molecular weight excluding hydrogens is 252 g/mol. The van der Waals surface area contributed by atoms with Crippen LogP contribution in [0, 0.1) is 23.0 Å². The van der Waals surface area contributed by atoms with Crippen molar-refractivity contribution in [2.75, 3.05) is 5.32 Å². The van der Waals surface area contributed by atoms with Gasteiger partial charge >= 0.3 is 0 Å². The Kier molecular flexibility index (Phi) is 4.99. The zero-order valence-electron chi connectivity index (χ0n) is 12.4. The van der Waals surface area contributed by atoms with Gasteiger partial charge < -0.3 is 5.32 Å². The van der Waals surface area contributed by atoms with Crippen LogP contribution < -0.4 is 5.32 Å². The van der Waals surface area contributed by atoms with Crippen LogP contribution in [-0.4, -0.2) is 11.0 Å². The molecule has 4 nitrogen and oxygen atoms in total. The number of aryl methyl sites for hydroxylation is 1. The van der Waals surface area contributed by atoms with Crippen molar-refractivity contribution in [1.82, 2.24) is 0 Å². The molecule has 0 radical (unpaired) electrons. The first-order valence-corrected chi connectivity index (χ1v) is 7.61. The maximum Gasteiger partial charge on any atom is 0.292 e. The Morgan fingerprint density at radius 3 is 2.60 bits per heavy atom. The van der Waals surface area contributed by atoms with E-state index in [1.54, 1.807) is 12.1 Å². The maximum atomic E-state index is 11.1. The number of nitrogens with zero attached hydrogens (tertiary/aromatic N) is 1. The third kappa shape index (κ3) is 3.71. The van der Waals surface area contributed by atoms with Gasteiger partial charge in [-0.2, -0.15) is 0 Å². The van der Waals surface area contributed by atoms with Gasteiger partial charge in [0.1, 0.15) is 5.69 Å². The van der Waals surface area contributed by atoms with Gasteiger partial charge in [-0.3, -0.25) is 10.1 Å². The third-order valence-corrected chi connectivity index (χ3v) is 4.25. The average molecular weight is 276 g/mol. The maximum absolute atomic E-state index is 11.1. The van der Waals surface area contributed by atoms with Crippen LogP contribution in [0.5, 0.6) is 0 Å². The van der Waals surface area contributed by atoms with Gasteiger partial charge in [0, 0.05) is 12.1 Å². The normalized spacial score (nSPS) is 22.5. The van der Waals surface area contributed by atoms with Crippen LogP contribution in [0.2, 0.25) is 0 Å². The molecule has 1 aromatic carbocycles. The van der Waals surface area contributed by atoms with E-state index in [0.29, 0.717) is 11.7 Å². The summed E-state index contributed by atoms with van der Waals surface area (Å²) in [5.74, 6) is 0.852. The van der Waals surface area contributed by atoms with Crippen LogP contribution in [-0.2, 0) is 0 Å². The molecule has 4 heteroatoms. The third-order valence-electron chi connectivity index (χ3n) is 4.25. The van der Waals surface area contributed by atoms with Crippen LogP contribution in [0.15, 0.2) is 18.2 Å². The summed E-state index contributed by atoms with van der Waals surface area (Å²) in [4.78, 5) is 10.8. The minimum atomic E-state index is -0.301. The van der Waals surface area contributed by atoms with Crippen molar-refractivity contribution in [2.45, 2.75) is 58.4 Å². The molecule has 2 rings (SSSR count). The van der Waals surface area contributed by atoms with E-state index >= 15 is 0 Å². The first-order valence-electron chi connectivity index (χ1n) is 7.61. The Balaban J connectivity index is 2.00. The molecule has 0 aliphatic heterocycles. The molecule has 1 aromatic rings. The zero-order chi connectivity index (χ0) is 14.5. The number of benzene rings is 1. The lowest BCUT2D eigenvalue weighted by Gasteiger charge is -2.29. The second-order valence-electron chi connectivity index (χ2n) is 5.93. The van der Waals surface area contributed by atoms with E-state index in [2.05, 4.69) is 12.2 Å². The largest absolute Gasteiger partial charge is 0.377 e. The van der Waals surface area contributed by atoms with Crippen molar-refractivity contribution in [3.8, 4) is 0 Å². The fourth-order valence-corrected chi connectivity index (χ4v) is 3.15. The molecule has 0 bridgehead atoms. The standard InChI is InChI=1S/C16H24N2O2/c1-3-4-13-6-8-14(9-7-13)17-15-11-12(2)5-10-16(15)18(19)20/h5,10-11,13-14,17H,3-4,6-9H2,1-2H3. The minimum Gasteiger partial charge on any atom is -0.377 e. The highest BCUT2D eigenvalue weighted by Crippen LogP contribution is 2.32. The highest BCUT2D eigenvalue weighted by atomic mass is 16.6. The van der Waals surface area contributed by atoms with Gasteiger partial charge in [-0.15, -0.1) is 0 Å².